The highest BCUT2D eigenvalue weighted by Gasteiger charge is 2.15. The van der Waals surface area contributed by atoms with Crippen molar-refractivity contribution in [2.45, 2.75) is 13.3 Å². The summed E-state index contributed by atoms with van der Waals surface area (Å²) in [6.07, 6.45) is 6.68. The number of rotatable bonds is 2. The Kier molecular flexibility index (Phi) is 2.42. The van der Waals surface area contributed by atoms with Gasteiger partial charge in [-0.25, -0.2) is 0 Å². The Morgan fingerprint density at radius 3 is 2.87 bits per heavy atom. The van der Waals surface area contributed by atoms with Crippen LogP contribution in [-0.4, -0.2) is 4.98 Å². The lowest BCUT2D eigenvalue weighted by Gasteiger charge is -2.04. The average Bonchev–Trinajstić information content (AvgIpc) is 2.62. The van der Waals surface area contributed by atoms with Crippen molar-refractivity contribution < 1.29 is 0 Å². The van der Waals surface area contributed by atoms with Gasteiger partial charge in [-0.15, -0.1) is 0 Å². The SMILES string of the molecule is C=C(N)C1=C(C)C=C(c2cccnc2)C1. The van der Waals surface area contributed by atoms with Gasteiger partial charge in [0.2, 0.25) is 0 Å². The van der Waals surface area contributed by atoms with E-state index in [-0.39, 0.29) is 0 Å². The number of hydrogen-bond donors (Lipinski definition) is 1. The Morgan fingerprint density at radius 2 is 2.33 bits per heavy atom. The van der Waals surface area contributed by atoms with Gasteiger partial charge in [0, 0.05) is 24.5 Å². The van der Waals surface area contributed by atoms with E-state index in [2.05, 4.69) is 30.6 Å². The lowest BCUT2D eigenvalue weighted by Crippen LogP contribution is -1.98. The minimum atomic E-state index is 0.669. The normalized spacial score (nSPS) is 15.4. The lowest BCUT2D eigenvalue weighted by molar-refractivity contribution is 1.19. The molecule has 1 aromatic heterocycles. The van der Waals surface area contributed by atoms with E-state index < -0.39 is 0 Å². The highest BCUT2D eigenvalue weighted by Crippen LogP contribution is 2.33. The molecule has 0 aromatic carbocycles. The van der Waals surface area contributed by atoms with E-state index >= 15 is 0 Å². The van der Waals surface area contributed by atoms with Crippen molar-refractivity contribution in [1.82, 2.24) is 4.98 Å². The lowest BCUT2D eigenvalue weighted by atomic mass is 10.0. The van der Waals surface area contributed by atoms with Crippen molar-refractivity contribution in [2.24, 2.45) is 5.73 Å². The summed E-state index contributed by atoms with van der Waals surface area (Å²) in [6, 6.07) is 4.01. The molecular formula is C13H14N2. The Morgan fingerprint density at radius 1 is 1.53 bits per heavy atom. The fourth-order valence-corrected chi connectivity index (χ4v) is 1.83. The molecule has 2 N–H and O–H groups in total. The van der Waals surface area contributed by atoms with E-state index in [1.807, 2.05) is 12.3 Å². The molecule has 0 amide bonds. The molecule has 0 saturated heterocycles. The molecule has 1 aliphatic rings. The number of aromatic nitrogens is 1. The largest absolute Gasteiger partial charge is 0.399 e. The second-order valence-electron chi connectivity index (χ2n) is 3.77. The molecule has 0 radical (unpaired) electrons. The monoisotopic (exact) mass is 198 g/mol. The van der Waals surface area contributed by atoms with Gasteiger partial charge in [0.15, 0.2) is 0 Å². The molecule has 0 saturated carbocycles. The molecule has 0 spiro atoms. The molecule has 1 aromatic rings. The number of nitrogens with zero attached hydrogens (tertiary/aromatic N) is 1. The smallest absolute Gasteiger partial charge is 0.0343 e. The highest BCUT2D eigenvalue weighted by atomic mass is 14.6. The van der Waals surface area contributed by atoms with E-state index in [9.17, 15) is 0 Å². The summed E-state index contributed by atoms with van der Waals surface area (Å²) < 4.78 is 0. The summed E-state index contributed by atoms with van der Waals surface area (Å²) in [5, 5.41) is 0. The molecule has 0 fully saturated rings. The summed E-state index contributed by atoms with van der Waals surface area (Å²) in [5.74, 6) is 0. The fraction of sp³-hybridized carbons (Fsp3) is 0.154. The van der Waals surface area contributed by atoms with E-state index in [1.54, 1.807) is 6.20 Å². The van der Waals surface area contributed by atoms with Gasteiger partial charge in [-0.3, -0.25) is 4.98 Å². The first-order valence-electron chi connectivity index (χ1n) is 4.94. The van der Waals surface area contributed by atoms with Gasteiger partial charge < -0.3 is 5.73 Å². The van der Waals surface area contributed by atoms with E-state index in [4.69, 9.17) is 5.73 Å². The van der Waals surface area contributed by atoms with Crippen LogP contribution in [0.2, 0.25) is 0 Å². The fourth-order valence-electron chi connectivity index (χ4n) is 1.83. The molecule has 2 nitrogen and oxygen atoms in total. The zero-order valence-electron chi connectivity index (χ0n) is 8.83. The second-order valence-corrected chi connectivity index (χ2v) is 3.77. The van der Waals surface area contributed by atoms with Gasteiger partial charge in [0.25, 0.3) is 0 Å². The Balaban J connectivity index is 2.27. The van der Waals surface area contributed by atoms with Crippen molar-refractivity contribution in [2.75, 3.05) is 0 Å². The van der Waals surface area contributed by atoms with Crippen LogP contribution in [0.4, 0.5) is 0 Å². The van der Waals surface area contributed by atoms with Gasteiger partial charge in [-0.05, 0) is 35.3 Å². The summed E-state index contributed by atoms with van der Waals surface area (Å²) in [4.78, 5) is 4.11. The van der Waals surface area contributed by atoms with Crippen molar-refractivity contribution in [3.63, 3.8) is 0 Å². The van der Waals surface area contributed by atoms with Crippen LogP contribution in [0, 0.1) is 0 Å². The number of hydrogen-bond acceptors (Lipinski definition) is 2. The zero-order chi connectivity index (χ0) is 10.8. The molecule has 1 heterocycles. The van der Waals surface area contributed by atoms with E-state index in [1.165, 1.54) is 11.1 Å². The predicted octanol–water partition coefficient (Wildman–Crippen LogP) is 2.66. The quantitative estimate of drug-likeness (QED) is 0.793. The minimum absolute atomic E-state index is 0.669. The summed E-state index contributed by atoms with van der Waals surface area (Å²) in [5.41, 5.74) is 11.2. The molecule has 2 heteroatoms. The zero-order valence-corrected chi connectivity index (χ0v) is 8.83. The van der Waals surface area contributed by atoms with Gasteiger partial charge in [0.1, 0.15) is 0 Å². The van der Waals surface area contributed by atoms with Crippen LogP contribution in [0.5, 0.6) is 0 Å². The maximum absolute atomic E-state index is 5.73. The molecule has 1 aliphatic carbocycles. The van der Waals surface area contributed by atoms with Crippen LogP contribution in [0.15, 0.2) is 54.0 Å². The van der Waals surface area contributed by atoms with Crippen molar-refractivity contribution in [1.29, 1.82) is 0 Å². The number of nitrogens with two attached hydrogens (primary N) is 1. The third-order valence-electron chi connectivity index (χ3n) is 2.65. The molecule has 0 atom stereocenters. The first kappa shape index (κ1) is 9.71. The first-order valence-corrected chi connectivity index (χ1v) is 4.94. The van der Waals surface area contributed by atoms with Gasteiger partial charge >= 0.3 is 0 Å². The van der Waals surface area contributed by atoms with Crippen molar-refractivity contribution in [3.05, 3.63) is 59.6 Å². The van der Waals surface area contributed by atoms with Crippen LogP contribution in [0.1, 0.15) is 18.9 Å². The summed E-state index contributed by atoms with van der Waals surface area (Å²) in [7, 11) is 0. The predicted molar refractivity (Wildman–Crippen MR) is 62.9 cm³/mol. The molecular weight excluding hydrogens is 184 g/mol. The van der Waals surface area contributed by atoms with Crippen LogP contribution in [0.25, 0.3) is 5.57 Å². The van der Waals surface area contributed by atoms with E-state index in [0.717, 1.165) is 17.6 Å². The van der Waals surface area contributed by atoms with Crippen LogP contribution in [-0.2, 0) is 0 Å². The second kappa shape index (κ2) is 3.73. The standard InChI is InChI=1S/C13H14N2/c1-9-6-12(7-13(9)10(2)14)11-4-3-5-15-8-11/h3-6,8H,2,7,14H2,1H3. The summed E-state index contributed by atoms with van der Waals surface area (Å²) >= 11 is 0. The highest BCUT2D eigenvalue weighted by molar-refractivity contribution is 5.75. The Labute approximate surface area is 89.8 Å². The van der Waals surface area contributed by atoms with Crippen LogP contribution >= 0.6 is 0 Å². The van der Waals surface area contributed by atoms with Gasteiger partial charge in [-0.2, -0.15) is 0 Å². The maximum atomic E-state index is 5.73. The van der Waals surface area contributed by atoms with Crippen LogP contribution < -0.4 is 5.73 Å². The Hall–Kier alpha value is -1.83. The van der Waals surface area contributed by atoms with Crippen molar-refractivity contribution in [3.8, 4) is 0 Å². The summed E-state index contributed by atoms with van der Waals surface area (Å²) in [6.45, 7) is 5.85. The van der Waals surface area contributed by atoms with Gasteiger partial charge in [0.05, 0.1) is 0 Å². The van der Waals surface area contributed by atoms with Gasteiger partial charge in [-0.1, -0.05) is 18.7 Å². The molecule has 76 valence electrons. The first-order chi connectivity index (χ1) is 7.18. The Bertz CT molecular complexity index is 453. The topological polar surface area (TPSA) is 38.9 Å². The average molecular weight is 198 g/mol. The molecule has 0 bridgehead atoms. The maximum Gasteiger partial charge on any atom is 0.0343 e. The molecule has 2 rings (SSSR count). The third-order valence-corrected chi connectivity index (χ3v) is 2.65. The minimum Gasteiger partial charge on any atom is -0.399 e. The molecule has 0 unspecified atom stereocenters. The number of pyridine rings is 1. The molecule has 0 aliphatic heterocycles. The van der Waals surface area contributed by atoms with E-state index in [0.29, 0.717) is 5.70 Å². The molecule has 15 heavy (non-hydrogen) atoms. The number of allylic oxidation sites excluding steroid dienone is 4. The van der Waals surface area contributed by atoms with Crippen LogP contribution in [0.3, 0.4) is 0 Å². The van der Waals surface area contributed by atoms with Crippen molar-refractivity contribution >= 4 is 5.57 Å². The third kappa shape index (κ3) is 1.84.